The fourth-order valence-corrected chi connectivity index (χ4v) is 3.18. The smallest absolute Gasteiger partial charge is 0.390 e. The minimum atomic E-state index is -4.16. The summed E-state index contributed by atoms with van der Waals surface area (Å²) in [6.45, 7) is 4.18. The van der Waals surface area contributed by atoms with E-state index in [2.05, 4.69) is 37.2 Å². The summed E-state index contributed by atoms with van der Waals surface area (Å²) in [4.78, 5) is 0. The minimum absolute atomic E-state index is 0.310. The standard InChI is InChI=1S/C13H16Br2F3NO/c1-3-20-12-9(4-10(14)5-11(12)15)7-19-8(2)6-13(16,17)18/h4-5,8,19H,3,6-7H2,1-2H3. The van der Waals surface area contributed by atoms with Gasteiger partial charge in [-0.3, -0.25) is 0 Å². The van der Waals surface area contributed by atoms with Gasteiger partial charge < -0.3 is 10.1 Å². The van der Waals surface area contributed by atoms with Crippen molar-refractivity contribution in [3.05, 3.63) is 26.6 Å². The highest BCUT2D eigenvalue weighted by molar-refractivity contribution is 9.11. The zero-order valence-electron chi connectivity index (χ0n) is 11.2. The molecule has 0 aromatic heterocycles. The van der Waals surface area contributed by atoms with E-state index in [0.29, 0.717) is 18.9 Å². The molecule has 0 aliphatic carbocycles. The third kappa shape index (κ3) is 6.01. The second-order valence-electron chi connectivity index (χ2n) is 4.41. The Labute approximate surface area is 133 Å². The van der Waals surface area contributed by atoms with Gasteiger partial charge >= 0.3 is 6.18 Å². The molecule has 2 nitrogen and oxygen atoms in total. The Bertz CT molecular complexity index is 452. The maximum absolute atomic E-state index is 12.3. The molecule has 1 N–H and O–H groups in total. The molecule has 114 valence electrons. The lowest BCUT2D eigenvalue weighted by Gasteiger charge is -2.18. The lowest BCUT2D eigenvalue weighted by atomic mass is 10.1. The predicted octanol–water partition coefficient (Wildman–Crippen LogP) is 5.04. The molecular formula is C13H16Br2F3NO. The SMILES string of the molecule is CCOc1c(Br)cc(Br)cc1CNC(C)CC(F)(F)F. The molecule has 0 saturated heterocycles. The van der Waals surface area contributed by atoms with Crippen LogP contribution in [0.3, 0.4) is 0 Å². The number of hydrogen-bond donors (Lipinski definition) is 1. The maximum Gasteiger partial charge on any atom is 0.390 e. The van der Waals surface area contributed by atoms with Gasteiger partial charge in [0.15, 0.2) is 0 Å². The molecule has 0 amide bonds. The van der Waals surface area contributed by atoms with Gasteiger partial charge in [0.05, 0.1) is 17.5 Å². The van der Waals surface area contributed by atoms with Crippen LogP contribution in [0.1, 0.15) is 25.8 Å². The van der Waals surface area contributed by atoms with Crippen molar-refractivity contribution in [2.24, 2.45) is 0 Å². The van der Waals surface area contributed by atoms with Crippen LogP contribution in [0.15, 0.2) is 21.1 Å². The van der Waals surface area contributed by atoms with Gasteiger partial charge in [0.1, 0.15) is 5.75 Å². The van der Waals surface area contributed by atoms with Crippen molar-refractivity contribution < 1.29 is 17.9 Å². The molecule has 7 heteroatoms. The lowest BCUT2D eigenvalue weighted by Crippen LogP contribution is -2.30. The first kappa shape index (κ1) is 17.8. The van der Waals surface area contributed by atoms with Gasteiger partial charge in [0, 0.05) is 22.6 Å². The summed E-state index contributed by atoms with van der Waals surface area (Å²) >= 11 is 6.75. The van der Waals surface area contributed by atoms with E-state index in [-0.39, 0.29) is 0 Å². The second kappa shape index (κ2) is 7.66. The molecule has 0 aliphatic rings. The van der Waals surface area contributed by atoms with E-state index in [4.69, 9.17) is 4.74 Å². The van der Waals surface area contributed by atoms with E-state index in [9.17, 15) is 13.2 Å². The summed E-state index contributed by atoms with van der Waals surface area (Å²) in [6, 6.07) is 3.03. The van der Waals surface area contributed by atoms with Crippen molar-refractivity contribution >= 4 is 31.9 Å². The van der Waals surface area contributed by atoms with E-state index in [1.807, 2.05) is 19.1 Å². The first-order valence-electron chi connectivity index (χ1n) is 6.13. The fourth-order valence-electron chi connectivity index (χ4n) is 1.75. The highest BCUT2D eigenvalue weighted by Crippen LogP contribution is 2.33. The Morgan fingerprint density at radius 3 is 2.50 bits per heavy atom. The molecule has 0 bridgehead atoms. The van der Waals surface area contributed by atoms with Crippen LogP contribution in [0.25, 0.3) is 0 Å². The minimum Gasteiger partial charge on any atom is -0.492 e. The zero-order valence-corrected chi connectivity index (χ0v) is 14.3. The zero-order chi connectivity index (χ0) is 15.3. The van der Waals surface area contributed by atoms with Gasteiger partial charge in [-0.25, -0.2) is 0 Å². The van der Waals surface area contributed by atoms with Crippen LogP contribution in [0, 0.1) is 0 Å². The molecule has 0 saturated carbocycles. The third-order valence-corrected chi connectivity index (χ3v) is 3.60. The average molecular weight is 419 g/mol. The van der Waals surface area contributed by atoms with Crippen molar-refractivity contribution in [1.29, 1.82) is 0 Å². The number of halogens is 5. The van der Waals surface area contributed by atoms with E-state index in [0.717, 1.165) is 14.5 Å². The molecule has 1 aromatic rings. The van der Waals surface area contributed by atoms with Crippen LogP contribution in [0.5, 0.6) is 5.75 Å². The van der Waals surface area contributed by atoms with Crippen molar-refractivity contribution in [3.8, 4) is 5.75 Å². The predicted molar refractivity (Wildman–Crippen MR) is 80.0 cm³/mol. The normalized spacial score (nSPS) is 13.3. The molecule has 0 fully saturated rings. The first-order chi connectivity index (χ1) is 9.23. The average Bonchev–Trinajstić information content (AvgIpc) is 2.28. The van der Waals surface area contributed by atoms with Crippen molar-refractivity contribution in [2.45, 2.75) is 39.0 Å². The molecule has 0 aliphatic heterocycles. The summed E-state index contributed by atoms with van der Waals surface area (Å²) in [5.41, 5.74) is 0.808. The highest BCUT2D eigenvalue weighted by atomic mass is 79.9. The quantitative estimate of drug-likeness (QED) is 0.698. The van der Waals surface area contributed by atoms with Crippen LogP contribution in [0.4, 0.5) is 13.2 Å². The first-order valence-corrected chi connectivity index (χ1v) is 7.72. The van der Waals surface area contributed by atoms with Crippen LogP contribution in [-0.2, 0) is 6.54 Å². The Kier molecular flexibility index (Phi) is 6.81. The number of nitrogens with one attached hydrogen (secondary N) is 1. The highest BCUT2D eigenvalue weighted by Gasteiger charge is 2.29. The van der Waals surface area contributed by atoms with Crippen LogP contribution >= 0.6 is 31.9 Å². The van der Waals surface area contributed by atoms with Gasteiger partial charge in [-0.1, -0.05) is 15.9 Å². The second-order valence-corrected chi connectivity index (χ2v) is 6.18. The van der Waals surface area contributed by atoms with E-state index < -0.39 is 18.6 Å². The number of benzene rings is 1. The molecule has 0 heterocycles. The molecule has 1 aromatic carbocycles. The number of ether oxygens (including phenoxy) is 1. The molecule has 1 unspecified atom stereocenters. The van der Waals surface area contributed by atoms with Crippen LogP contribution in [-0.4, -0.2) is 18.8 Å². The number of rotatable bonds is 6. The van der Waals surface area contributed by atoms with Crippen molar-refractivity contribution in [1.82, 2.24) is 5.32 Å². The Morgan fingerprint density at radius 2 is 1.95 bits per heavy atom. The van der Waals surface area contributed by atoms with Crippen molar-refractivity contribution in [2.75, 3.05) is 6.61 Å². The maximum atomic E-state index is 12.3. The molecular weight excluding hydrogens is 403 g/mol. The largest absolute Gasteiger partial charge is 0.492 e. The summed E-state index contributed by atoms with van der Waals surface area (Å²) in [6.07, 6.45) is -5.01. The lowest BCUT2D eigenvalue weighted by molar-refractivity contribution is -0.139. The molecule has 1 atom stereocenters. The van der Waals surface area contributed by atoms with Crippen molar-refractivity contribution in [3.63, 3.8) is 0 Å². The molecule has 0 radical (unpaired) electrons. The summed E-state index contributed by atoms with van der Waals surface area (Å²) in [5.74, 6) is 0.655. The van der Waals surface area contributed by atoms with Gasteiger partial charge in [-0.05, 0) is 41.9 Å². The summed E-state index contributed by atoms with van der Waals surface area (Å²) in [7, 11) is 0. The van der Waals surface area contributed by atoms with Crippen LogP contribution in [0.2, 0.25) is 0 Å². The molecule has 20 heavy (non-hydrogen) atoms. The third-order valence-electron chi connectivity index (χ3n) is 2.55. The fraction of sp³-hybridized carbons (Fsp3) is 0.538. The summed E-state index contributed by atoms with van der Waals surface area (Å²) in [5, 5.41) is 2.87. The Hall–Kier alpha value is -0.270. The molecule has 0 spiro atoms. The topological polar surface area (TPSA) is 21.3 Å². The van der Waals surface area contributed by atoms with Gasteiger partial charge in [-0.15, -0.1) is 0 Å². The van der Waals surface area contributed by atoms with Gasteiger partial charge in [0.2, 0.25) is 0 Å². The monoisotopic (exact) mass is 417 g/mol. The summed E-state index contributed by atoms with van der Waals surface area (Å²) < 4.78 is 44.0. The Balaban J connectivity index is 2.76. The van der Waals surface area contributed by atoms with Crippen LogP contribution < -0.4 is 10.1 Å². The molecule has 1 rings (SSSR count). The van der Waals surface area contributed by atoms with E-state index >= 15 is 0 Å². The van der Waals surface area contributed by atoms with E-state index in [1.165, 1.54) is 6.92 Å². The Morgan fingerprint density at radius 1 is 1.30 bits per heavy atom. The number of hydrogen-bond acceptors (Lipinski definition) is 2. The van der Waals surface area contributed by atoms with E-state index in [1.54, 1.807) is 0 Å². The van der Waals surface area contributed by atoms with Gasteiger partial charge in [0.25, 0.3) is 0 Å². The van der Waals surface area contributed by atoms with Gasteiger partial charge in [-0.2, -0.15) is 13.2 Å². The number of alkyl halides is 3.